The van der Waals surface area contributed by atoms with E-state index in [1.165, 1.54) is 11.8 Å². The van der Waals surface area contributed by atoms with Gasteiger partial charge in [0.1, 0.15) is 6.61 Å². The molecule has 0 fully saturated rings. The second-order valence-corrected chi connectivity index (χ2v) is 4.52. The topological polar surface area (TPSA) is 26.3 Å². The summed E-state index contributed by atoms with van der Waals surface area (Å²) in [7, 11) is 0. The van der Waals surface area contributed by atoms with Crippen LogP contribution in [0.2, 0.25) is 0 Å². The Morgan fingerprint density at radius 3 is 2.53 bits per heavy atom. The number of esters is 1. The van der Waals surface area contributed by atoms with Crippen LogP contribution in [0.15, 0.2) is 47.2 Å². The monoisotopic (exact) mass is 278 g/mol. The van der Waals surface area contributed by atoms with Gasteiger partial charge in [0.05, 0.1) is 5.56 Å². The predicted molar refractivity (Wildman–Crippen MR) is 84.4 cm³/mol. The van der Waals surface area contributed by atoms with Gasteiger partial charge in [-0.05, 0) is 30.9 Å². The van der Waals surface area contributed by atoms with Crippen molar-refractivity contribution in [2.45, 2.75) is 27.7 Å². The van der Waals surface area contributed by atoms with Crippen LogP contribution >= 0.6 is 11.8 Å². The van der Waals surface area contributed by atoms with Gasteiger partial charge in [0.2, 0.25) is 0 Å². The molecule has 0 heterocycles. The van der Waals surface area contributed by atoms with E-state index < -0.39 is 0 Å². The average Bonchev–Trinajstić information content (AvgIpc) is 2.45. The van der Waals surface area contributed by atoms with Gasteiger partial charge in [-0.2, -0.15) is 0 Å². The minimum absolute atomic E-state index is 0.285. The van der Waals surface area contributed by atoms with E-state index >= 15 is 0 Å². The molecule has 0 aliphatic rings. The number of thioether (sulfide) groups is 1. The summed E-state index contributed by atoms with van der Waals surface area (Å²) in [6.45, 7) is 11.7. The molecule has 104 valence electrons. The first kappa shape index (κ1) is 17.5. The molecule has 1 aromatic rings. The SMILES string of the molecule is C=CS/C(=C\C)COC(=O)c1ccccc1C.CC. The molecule has 0 saturated heterocycles. The van der Waals surface area contributed by atoms with Gasteiger partial charge in [-0.3, -0.25) is 0 Å². The van der Waals surface area contributed by atoms with Crippen molar-refractivity contribution in [1.82, 2.24) is 0 Å². The number of carbonyl (C=O) groups excluding carboxylic acids is 1. The molecule has 0 amide bonds. The van der Waals surface area contributed by atoms with Gasteiger partial charge in [-0.25, -0.2) is 4.79 Å². The molecule has 1 aromatic carbocycles. The Bertz CT molecular complexity index is 436. The highest BCUT2D eigenvalue weighted by Gasteiger charge is 2.09. The Balaban J connectivity index is 0.00000154. The summed E-state index contributed by atoms with van der Waals surface area (Å²) in [5, 5.41) is 1.72. The van der Waals surface area contributed by atoms with Gasteiger partial charge < -0.3 is 4.74 Å². The first-order valence-electron chi connectivity index (χ1n) is 6.34. The Kier molecular flexibility index (Phi) is 9.63. The number of hydrogen-bond donors (Lipinski definition) is 0. The van der Waals surface area contributed by atoms with Crippen molar-refractivity contribution in [3.63, 3.8) is 0 Å². The third-order valence-corrected chi connectivity index (χ3v) is 3.09. The lowest BCUT2D eigenvalue weighted by Crippen LogP contribution is -2.08. The van der Waals surface area contributed by atoms with Gasteiger partial charge in [0, 0.05) is 4.91 Å². The maximum atomic E-state index is 11.8. The van der Waals surface area contributed by atoms with Crippen LogP contribution in [0.4, 0.5) is 0 Å². The number of hydrogen-bond acceptors (Lipinski definition) is 3. The van der Waals surface area contributed by atoms with Crippen molar-refractivity contribution in [2.75, 3.05) is 6.61 Å². The molecular formula is C16H22O2S. The van der Waals surface area contributed by atoms with E-state index in [-0.39, 0.29) is 5.97 Å². The molecule has 0 aliphatic carbocycles. The highest BCUT2D eigenvalue weighted by Crippen LogP contribution is 2.17. The molecular weight excluding hydrogens is 256 g/mol. The van der Waals surface area contributed by atoms with Crippen LogP contribution in [0.3, 0.4) is 0 Å². The molecule has 2 nitrogen and oxygen atoms in total. The molecule has 0 atom stereocenters. The molecule has 0 saturated carbocycles. The number of allylic oxidation sites excluding steroid dienone is 1. The fourth-order valence-corrected chi connectivity index (χ4v) is 1.79. The highest BCUT2D eigenvalue weighted by molar-refractivity contribution is 8.05. The van der Waals surface area contributed by atoms with Crippen molar-refractivity contribution < 1.29 is 9.53 Å². The molecule has 0 unspecified atom stereocenters. The van der Waals surface area contributed by atoms with Crippen LogP contribution in [-0.2, 0) is 4.74 Å². The van der Waals surface area contributed by atoms with Crippen LogP contribution in [-0.4, -0.2) is 12.6 Å². The van der Waals surface area contributed by atoms with E-state index in [9.17, 15) is 4.79 Å². The first-order chi connectivity index (χ1) is 9.19. The molecule has 0 spiro atoms. The molecule has 0 aromatic heterocycles. The van der Waals surface area contributed by atoms with Crippen molar-refractivity contribution >= 4 is 17.7 Å². The summed E-state index contributed by atoms with van der Waals surface area (Å²) in [6.07, 6.45) is 1.91. The lowest BCUT2D eigenvalue weighted by Gasteiger charge is -2.07. The van der Waals surface area contributed by atoms with Crippen LogP contribution in [0, 0.1) is 6.92 Å². The lowest BCUT2D eigenvalue weighted by molar-refractivity contribution is 0.0546. The third kappa shape index (κ3) is 6.30. The van der Waals surface area contributed by atoms with E-state index in [1.807, 2.05) is 52.0 Å². The molecule has 0 bridgehead atoms. The number of aryl methyl sites for hydroxylation is 1. The Morgan fingerprint density at radius 2 is 2.00 bits per heavy atom. The Morgan fingerprint density at radius 1 is 1.37 bits per heavy atom. The molecule has 19 heavy (non-hydrogen) atoms. The van der Waals surface area contributed by atoms with E-state index in [4.69, 9.17) is 4.74 Å². The zero-order valence-corrected chi connectivity index (χ0v) is 12.9. The summed E-state index contributed by atoms with van der Waals surface area (Å²) in [5.41, 5.74) is 1.54. The minimum atomic E-state index is -0.285. The number of carbonyl (C=O) groups is 1. The van der Waals surface area contributed by atoms with E-state index in [0.717, 1.165) is 10.5 Å². The zero-order valence-electron chi connectivity index (χ0n) is 12.1. The van der Waals surface area contributed by atoms with Crippen molar-refractivity contribution in [2.24, 2.45) is 0 Å². The fraction of sp³-hybridized carbons (Fsp3) is 0.312. The van der Waals surface area contributed by atoms with Crippen LogP contribution < -0.4 is 0 Å². The highest BCUT2D eigenvalue weighted by atomic mass is 32.2. The lowest BCUT2D eigenvalue weighted by atomic mass is 10.1. The summed E-state index contributed by atoms with van der Waals surface area (Å²) in [6, 6.07) is 7.40. The standard InChI is InChI=1S/C14H16O2S.C2H6/c1-4-12(17-5-2)10-16-14(15)13-9-7-6-8-11(13)3;1-2/h4-9H,2,10H2,1,3H3;1-2H3/b12-4-;. The zero-order chi connectivity index (χ0) is 14.7. The normalized spacial score (nSPS) is 10.2. The summed E-state index contributed by atoms with van der Waals surface area (Å²) >= 11 is 1.47. The van der Waals surface area contributed by atoms with Crippen molar-refractivity contribution in [3.8, 4) is 0 Å². The molecule has 3 heteroatoms. The Hall–Kier alpha value is -1.48. The van der Waals surface area contributed by atoms with Gasteiger partial charge in [0.25, 0.3) is 0 Å². The smallest absolute Gasteiger partial charge is 0.338 e. The van der Waals surface area contributed by atoms with Crippen LogP contribution in [0.1, 0.15) is 36.7 Å². The third-order valence-electron chi connectivity index (χ3n) is 2.27. The first-order valence-corrected chi connectivity index (χ1v) is 7.22. The predicted octanol–water partition coefficient (Wildman–Crippen LogP) is 4.96. The quantitative estimate of drug-likeness (QED) is 0.712. The fourth-order valence-electron chi connectivity index (χ4n) is 1.31. The molecule has 1 rings (SSSR count). The minimum Gasteiger partial charge on any atom is -0.457 e. The maximum Gasteiger partial charge on any atom is 0.338 e. The molecule has 0 radical (unpaired) electrons. The second-order valence-electron chi connectivity index (χ2n) is 3.43. The average molecular weight is 278 g/mol. The number of benzene rings is 1. The van der Waals surface area contributed by atoms with Gasteiger partial charge >= 0.3 is 5.97 Å². The van der Waals surface area contributed by atoms with Crippen molar-refractivity contribution in [1.29, 1.82) is 0 Å². The number of ether oxygens (including phenoxy) is 1. The van der Waals surface area contributed by atoms with Gasteiger partial charge in [0.15, 0.2) is 0 Å². The summed E-state index contributed by atoms with van der Waals surface area (Å²) in [4.78, 5) is 12.8. The number of rotatable bonds is 5. The van der Waals surface area contributed by atoms with Crippen LogP contribution in [0.25, 0.3) is 0 Å². The second kappa shape index (κ2) is 10.4. The van der Waals surface area contributed by atoms with Gasteiger partial charge in [-0.1, -0.05) is 56.5 Å². The summed E-state index contributed by atoms with van der Waals surface area (Å²) in [5.74, 6) is -0.285. The van der Waals surface area contributed by atoms with E-state index in [0.29, 0.717) is 12.2 Å². The van der Waals surface area contributed by atoms with Gasteiger partial charge in [-0.15, -0.1) is 0 Å². The molecule has 0 aliphatic heterocycles. The molecule has 0 N–H and O–H groups in total. The maximum absolute atomic E-state index is 11.8. The largest absolute Gasteiger partial charge is 0.457 e. The van der Waals surface area contributed by atoms with E-state index in [1.54, 1.807) is 11.5 Å². The van der Waals surface area contributed by atoms with Crippen LogP contribution in [0.5, 0.6) is 0 Å². The Labute approximate surface area is 120 Å². The summed E-state index contributed by atoms with van der Waals surface area (Å²) < 4.78 is 5.24. The van der Waals surface area contributed by atoms with E-state index in [2.05, 4.69) is 6.58 Å². The van der Waals surface area contributed by atoms with Crippen molar-refractivity contribution in [3.05, 3.63) is 58.4 Å².